The average Bonchev–Trinajstić information content (AvgIpc) is 3.23. The van der Waals surface area contributed by atoms with Gasteiger partial charge in [0.05, 0.1) is 11.2 Å². The van der Waals surface area contributed by atoms with Crippen LogP contribution in [0.1, 0.15) is 42.7 Å². The highest BCUT2D eigenvalue weighted by Gasteiger charge is 2.28. The number of nitrogens with two attached hydrogens (primary N) is 1. The number of aryl methyl sites for hydroxylation is 1. The van der Waals surface area contributed by atoms with Crippen LogP contribution >= 0.6 is 0 Å². The first-order valence-corrected chi connectivity index (χ1v) is 11.5. The molecule has 0 bridgehead atoms. The normalized spacial score (nSPS) is 18.3. The Morgan fingerprint density at radius 1 is 1.03 bits per heavy atom. The summed E-state index contributed by atoms with van der Waals surface area (Å²) in [6.45, 7) is 0.450. The minimum Gasteiger partial charge on any atom is -0.472 e. The molecule has 2 aromatic carbocycles. The van der Waals surface area contributed by atoms with Gasteiger partial charge in [-0.15, -0.1) is 5.10 Å². The van der Waals surface area contributed by atoms with Gasteiger partial charge in [0.15, 0.2) is 0 Å². The van der Waals surface area contributed by atoms with Crippen molar-refractivity contribution < 1.29 is 9.53 Å². The number of amides is 1. The van der Waals surface area contributed by atoms with Crippen molar-refractivity contribution in [1.82, 2.24) is 14.8 Å². The van der Waals surface area contributed by atoms with E-state index in [-0.39, 0.29) is 11.8 Å². The Morgan fingerprint density at radius 2 is 1.79 bits per heavy atom. The lowest BCUT2D eigenvalue weighted by atomic mass is 9.79. The van der Waals surface area contributed by atoms with Gasteiger partial charge in [-0.2, -0.15) is 0 Å². The highest BCUT2D eigenvalue weighted by atomic mass is 16.5. The van der Waals surface area contributed by atoms with Crippen molar-refractivity contribution in [3.63, 3.8) is 0 Å². The number of aromatic nitrogens is 3. The van der Waals surface area contributed by atoms with Crippen LogP contribution in [0.2, 0.25) is 0 Å². The van der Waals surface area contributed by atoms with Gasteiger partial charge >= 0.3 is 0 Å². The Balaban J connectivity index is 1.26. The molecule has 1 fully saturated rings. The second-order valence-corrected chi connectivity index (χ2v) is 8.89. The van der Waals surface area contributed by atoms with E-state index in [0.717, 1.165) is 59.0 Å². The Kier molecular flexibility index (Phi) is 5.82. The summed E-state index contributed by atoms with van der Waals surface area (Å²) in [5.41, 5.74) is 10.7. The van der Waals surface area contributed by atoms with Gasteiger partial charge in [-0.3, -0.25) is 9.48 Å². The molecule has 168 valence electrons. The standard InChI is InChI=1S/C27H28N4O2/c1-31-16-23(19-10-12-22(13-11-19)26(28)32)27(30-31)33-17-18-6-8-21(9-7-18)25-15-14-20-4-2-3-5-24(20)29-25/h2-9,14-16,19,22H,10-13,17H2,1H3,(H2,28,32). The van der Waals surface area contributed by atoms with E-state index in [2.05, 4.69) is 47.6 Å². The Labute approximate surface area is 193 Å². The zero-order chi connectivity index (χ0) is 22.8. The average molecular weight is 441 g/mol. The van der Waals surface area contributed by atoms with Gasteiger partial charge in [0, 0.05) is 35.7 Å². The van der Waals surface area contributed by atoms with Crippen LogP contribution in [0.5, 0.6) is 5.88 Å². The summed E-state index contributed by atoms with van der Waals surface area (Å²) < 4.78 is 7.94. The zero-order valence-electron chi connectivity index (χ0n) is 18.8. The molecule has 1 saturated carbocycles. The van der Waals surface area contributed by atoms with E-state index >= 15 is 0 Å². The molecule has 0 atom stereocenters. The minimum absolute atomic E-state index is 0.00195. The number of para-hydroxylation sites is 1. The first-order valence-electron chi connectivity index (χ1n) is 11.5. The van der Waals surface area contributed by atoms with E-state index in [0.29, 0.717) is 18.4 Å². The summed E-state index contributed by atoms with van der Waals surface area (Å²) >= 11 is 0. The first-order chi connectivity index (χ1) is 16.1. The molecular weight excluding hydrogens is 412 g/mol. The zero-order valence-corrected chi connectivity index (χ0v) is 18.8. The molecule has 5 rings (SSSR count). The maximum Gasteiger partial charge on any atom is 0.236 e. The third kappa shape index (κ3) is 4.60. The van der Waals surface area contributed by atoms with Crippen molar-refractivity contribution in [1.29, 1.82) is 0 Å². The predicted octanol–water partition coefficient (Wildman–Crippen LogP) is 4.97. The molecule has 6 nitrogen and oxygen atoms in total. The number of benzene rings is 2. The van der Waals surface area contributed by atoms with Crippen LogP contribution in [0, 0.1) is 5.92 Å². The van der Waals surface area contributed by atoms with Gasteiger partial charge in [-0.1, -0.05) is 48.5 Å². The smallest absolute Gasteiger partial charge is 0.236 e. The van der Waals surface area contributed by atoms with Crippen molar-refractivity contribution >= 4 is 16.8 Å². The van der Waals surface area contributed by atoms with Crippen LogP contribution in [0.4, 0.5) is 0 Å². The molecular formula is C27H28N4O2. The number of ether oxygens (including phenoxy) is 1. The summed E-state index contributed by atoms with van der Waals surface area (Å²) in [5.74, 6) is 0.849. The lowest BCUT2D eigenvalue weighted by Gasteiger charge is -2.26. The molecule has 1 aliphatic carbocycles. The second kappa shape index (κ2) is 9.06. The monoisotopic (exact) mass is 440 g/mol. The summed E-state index contributed by atoms with van der Waals surface area (Å²) in [6, 6.07) is 20.6. The van der Waals surface area contributed by atoms with Crippen molar-refractivity contribution in [2.24, 2.45) is 18.7 Å². The van der Waals surface area contributed by atoms with Crippen LogP contribution in [0.25, 0.3) is 22.2 Å². The van der Waals surface area contributed by atoms with E-state index in [1.807, 2.05) is 31.4 Å². The van der Waals surface area contributed by atoms with Crippen LogP contribution in [-0.2, 0) is 18.4 Å². The second-order valence-electron chi connectivity index (χ2n) is 8.89. The molecule has 0 radical (unpaired) electrons. The van der Waals surface area contributed by atoms with Crippen LogP contribution in [0.3, 0.4) is 0 Å². The minimum atomic E-state index is -0.182. The van der Waals surface area contributed by atoms with Crippen molar-refractivity contribution in [3.8, 4) is 17.1 Å². The van der Waals surface area contributed by atoms with E-state index < -0.39 is 0 Å². The highest BCUT2D eigenvalue weighted by molar-refractivity contribution is 5.81. The highest BCUT2D eigenvalue weighted by Crippen LogP contribution is 2.39. The summed E-state index contributed by atoms with van der Waals surface area (Å²) in [4.78, 5) is 16.3. The quantitative estimate of drug-likeness (QED) is 0.459. The molecule has 2 N–H and O–H groups in total. The fourth-order valence-electron chi connectivity index (χ4n) is 4.72. The summed E-state index contributed by atoms with van der Waals surface area (Å²) in [5, 5.41) is 5.68. The summed E-state index contributed by atoms with van der Waals surface area (Å²) in [7, 11) is 1.91. The fraction of sp³-hybridized carbons (Fsp3) is 0.296. The third-order valence-electron chi connectivity index (χ3n) is 6.61. The Bertz CT molecular complexity index is 1270. The molecule has 1 aliphatic rings. The largest absolute Gasteiger partial charge is 0.472 e. The molecule has 2 aromatic heterocycles. The molecule has 6 heteroatoms. The summed E-state index contributed by atoms with van der Waals surface area (Å²) in [6.07, 6.45) is 5.57. The molecule has 0 saturated heterocycles. The molecule has 0 unspecified atom stereocenters. The van der Waals surface area contributed by atoms with E-state index in [1.54, 1.807) is 4.68 Å². The number of nitrogens with zero attached hydrogens (tertiary/aromatic N) is 3. The van der Waals surface area contributed by atoms with Crippen LogP contribution in [0.15, 0.2) is 66.9 Å². The number of fused-ring (bicyclic) bond motifs is 1. The third-order valence-corrected chi connectivity index (χ3v) is 6.61. The van der Waals surface area contributed by atoms with Gasteiger partial charge in [0.25, 0.3) is 0 Å². The number of pyridine rings is 1. The van der Waals surface area contributed by atoms with Gasteiger partial charge in [-0.05, 0) is 49.3 Å². The molecule has 0 aliphatic heterocycles. The van der Waals surface area contributed by atoms with E-state index in [4.69, 9.17) is 15.5 Å². The topological polar surface area (TPSA) is 83.0 Å². The molecule has 33 heavy (non-hydrogen) atoms. The van der Waals surface area contributed by atoms with Crippen LogP contribution in [-0.4, -0.2) is 20.7 Å². The van der Waals surface area contributed by atoms with E-state index in [1.165, 1.54) is 0 Å². The Hall–Kier alpha value is -3.67. The number of hydrogen-bond donors (Lipinski definition) is 1. The maximum absolute atomic E-state index is 11.5. The van der Waals surface area contributed by atoms with E-state index in [9.17, 15) is 4.79 Å². The van der Waals surface area contributed by atoms with Gasteiger partial charge in [0.2, 0.25) is 11.8 Å². The molecule has 0 spiro atoms. The van der Waals surface area contributed by atoms with Crippen molar-refractivity contribution in [2.45, 2.75) is 38.2 Å². The fourth-order valence-corrected chi connectivity index (χ4v) is 4.72. The van der Waals surface area contributed by atoms with Gasteiger partial charge < -0.3 is 10.5 Å². The van der Waals surface area contributed by atoms with Crippen molar-refractivity contribution in [3.05, 3.63) is 78.0 Å². The van der Waals surface area contributed by atoms with Gasteiger partial charge in [0.1, 0.15) is 6.61 Å². The predicted molar refractivity (Wildman–Crippen MR) is 129 cm³/mol. The Morgan fingerprint density at radius 3 is 2.55 bits per heavy atom. The van der Waals surface area contributed by atoms with Crippen LogP contribution < -0.4 is 10.5 Å². The molecule has 2 heterocycles. The first kappa shape index (κ1) is 21.2. The molecule has 1 amide bonds. The number of primary amides is 1. The number of hydrogen-bond acceptors (Lipinski definition) is 4. The lowest BCUT2D eigenvalue weighted by Crippen LogP contribution is -2.27. The maximum atomic E-state index is 11.5. The SMILES string of the molecule is Cn1cc(C2CCC(C(N)=O)CC2)c(OCc2ccc(-c3ccc4ccccc4n3)cc2)n1. The number of rotatable bonds is 6. The lowest BCUT2D eigenvalue weighted by molar-refractivity contribution is -0.122. The molecule has 4 aromatic rings. The van der Waals surface area contributed by atoms with Crippen molar-refractivity contribution in [2.75, 3.05) is 0 Å². The number of carbonyl (C=O) groups excluding carboxylic acids is 1. The van der Waals surface area contributed by atoms with Gasteiger partial charge in [-0.25, -0.2) is 4.98 Å². The number of carbonyl (C=O) groups is 1.